The fourth-order valence-corrected chi connectivity index (χ4v) is 2.87. The average Bonchev–Trinajstić information content (AvgIpc) is 2.75. The smallest absolute Gasteiger partial charge is 0.261 e. The van der Waals surface area contributed by atoms with Crippen molar-refractivity contribution in [3.05, 3.63) is 89.3 Å². The van der Waals surface area contributed by atoms with Crippen LogP contribution in [-0.2, 0) is 26.7 Å². The molecule has 0 fully saturated rings. The SMILES string of the molecule is CS(=O)(=O)O.CS(=O)(=O)O.Clc1ccc(Nc2nnc(Cc3ccncc3)c3ccccc23)cc1. The van der Waals surface area contributed by atoms with Gasteiger partial charge in [0.2, 0.25) is 0 Å². The van der Waals surface area contributed by atoms with Crippen LogP contribution in [0, 0.1) is 0 Å². The Labute approximate surface area is 208 Å². The Morgan fingerprint density at radius 3 is 1.86 bits per heavy atom. The summed E-state index contributed by atoms with van der Waals surface area (Å²) in [7, 11) is -7.33. The Morgan fingerprint density at radius 1 is 0.800 bits per heavy atom. The van der Waals surface area contributed by atoms with Gasteiger partial charge in [-0.2, -0.15) is 21.9 Å². The number of fused-ring (bicyclic) bond motifs is 1. The monoisotopic (exact) mass is 538 g/mol. The quantitative estimate of drug-likeness (QED) is 0.324. The summed E-state index contributed by atoms with van der Waals surface area (Å²) in [6.45, 7) is 0. The number of halogens is 1. The molecule has 2 aromatic heterocycles. The lowest BCUT2D eigenvalue weighted by molar-refractivity contribution is 0.488. The molecule has 35 heavy (non-hydrogen) atoms. The van der Waals surface area contributed by atoms with Gasteiger partial charge in [0.25, 0.3) is 20.2 Å². The van der Waals surface area contributed by atoms with Gasteiger partial charge in [-0.3, -0.25) is 14.1 Å². The van der Waals surface area contributed by atoms with Gasteiger partial charge < -0.3 is 5.32 Å². The summed E-state index contributed by atoms with van der Waals surface area (Å²) in [6.07, 6.45) is 5.74. The second-order valence-corrected chi connectivity index (χ2v) is 10.5. The Hall–Kier alpha value is -3.16. The zero-order chi connectivity index (χ0) is 26.1. The van der Waals surface area contributed by atoms with E-state index >= 15 is 0 Å². The van der Waals surface area contributed by atoms with Crippen LogP contribution in [0.2, 0.25) is 5.02 Å². The standard InChI is InChI=1S/C20H15ClN4.2CH4O3S/c21-15-5-7-16(8-6-15)23-20-18-4-2-1-3-17(18)19(24-25-20)13-14-9-11-22-12-10-14;2*1-5(2,3)4/h1-12H,13H2,(H,23,25);2*1H3,(H,2,3,4). The maximum Gasteiger partial charge on any atom is 0.261 e. The molecule has 4 aromatic rings. The zero-order valence-corrected chi connectivity index (χ0v) is 21.1. The van der Waals surface area contributed by atoms with Gasteiger partial charge >= 0.3 is 0 Å². The highest BCUT2D eigenvalue weighted by molar-refractivity contribution is 7.85. The van der Waals surface area contributed by atoms with Crippen LogP contribution in [0.3, 0.4) is 0 Å². The molecule has 2 heterocycles. The summed E-state index contributed by atoms with van der Waals surface area (Å²) < 4.78 is 51.7. The third kappa shape index (κ3) is 11.7. The molecule has 0 spiro atoms. The predicted octanol–water partition coefficient (Wildman–Crippen LogP) is 4.02. The first-order chi connectivity index (χ1) is 16.3. The van der Waals surface area contributed by atoms with Gasteiger partial charge in [-0.25, -0.2) is 0 Å². The number of nitrogens with one attached hydrogen (secondary N) is 1. The normalized spacial score (nSPS) is 11.0. The van der Waals surface area contributed by atoms with E-state index in [1.54, 1.807) is 12.4 Å². The highest BCUT2D eigenvalue weighted by Gasteiger charge is 2.10. The van der Waals surface area contributed by atoms with E-state index in [1.807, 2.05) is 48.5 Å². The molecule has 0 radical (unpaired) electrons. The summed E-state index contributed by atoms with van der Waals surface area (Å²) in [6, 6.07) is 19.7. The molecule has 10 nitrogen and oxygen atoms in total. The maximum absolute atomic E-state index is 9.19. The lowest BCUT2D eigenvalue weighted by Gasteiger charge is -2.11. The Bertz CT molecular complexity index is 1420. The van der Waals surface area contributed by atoms with Crippen LogP contribution in [0.15, 0.2) is 73.1 Å². The van der Waals surface area contributed by atoms with Gasteiger partial charge in [-0.15, -0.1) is 5.10 Å². The van der Waals surface area contributed by atoms with Crippen LogP contribution >= 0.6 is 11.6 Å². The van der Waals surface area contributed by atoms with Crippen LogP contribution in [0.5, 0.6) is 0 Å². The summed E-state index contributed by atoms with van der Waals surface area (Å²) >= 11 is 5.95. The van der Waals surface area contributed by atoms with Crippen LogP contribution in [0.1, 0.15) is 11.3 Å². The topological polar surface area (TPSA) is 159 Å². The molecule has 0 aliphatic heterocycles. The number of hydrogen-bond acceptors (Lipinski definition) is 8. The van der Waals surface area contributed by atoms with Crippen molar-refractivity contribution in [2.75, 3.05) is 17.8 Å². The first-order valence-electron chi connectivity index (χ1n) is 9.80. The Morgan fingerprint density at radius 2 is 1.31 bits per heavy atom. The molecule has 0 amide bonds. The minimum atomic E-state index is -3.67. The van der Waals surface area contributed by atoms with E-state index in [-0.39, 0.29) is 0 Å². The van der Waals surface area contributed by atoms with Crippen LogP contribution in [-0.4, -0.2) is 53.6 Å². The Balaban J connectivity index is 0.000000368. The number of rotatable bonds is 4. The second kappa shape index (κ2) is 12.5. The van der Waals surface area contributed by atoms with Gasteiger partial charge in [0, 0.05) is 40.3 Å². The van der Waals surface area contributed by atoms with E-state index in [0.717, 1.165) is 40.0 Å². The van der Waals surface area contributed by atoms with E-state index in [0.29, 0.717) is 17.5 Å². The van der Waals surface area contributed by atoms with Gasteiger partial charge in [0.1, 0.15) is 0 Å². The van der Waals surface area contributed by atoms with Crippen molar-refractivity contribution < 1.29 is 25.9 Å². The minimum Gasteiger partial charge on any atom is -0.338 e. The fraction of sp³-hybridized carbons (Fsp3) is 0.136. The van der Waals surface area contributed by atoms with E-state index in [2.05, 4.69) is 32.6 Å². The number of anilines is 2. The molecule has 3 N–H and O–H groups in total. The molecule has 0 bridgehead atoms. The van der Waals surface area contributed by atoms with Gasteiger partial charge in [0.15, 0.2) is 5.82 Å². The van der Waals surface area contributed by atoms with E-state index in [9.17, 15) is 16.8 Å². The molecule has 0 unspecified atom stereocenters. The number of pyridine rings is 1. The molecule has 0 atom stereocenters. The predicted molar refractivity (Wildman–Crippen MR) is 136 cm³/mol. The third-order valence-corrected chi connectivity index (χ3v) is 4.24. The number of nitrogens with zero attached hydrogens (tertiary/aromatic N) is 3. The van der Waals surface area contributed by atoms with Crippen molar-refractivity contribution in [2.45, 2.75) is 6.42 Å². The molecular weight excluding hydrogens is 516 g/mol. The highest BCUT2D eigenvalue weighted by Crippen LogP contribution is 2.27. The molecule has 186 valence electrons. The fourth-order valence-electron chi connectivity index (χ4n) is 2.75. The summed E-state index contributed by atoms with van der Waals surface area (Å²) in [5.74, 6) is 0.733. The Kier molecular flexibility index (Phi) is 10.0. The van der Waals surface area contributed by atoms with Crippen LogP contribution in [0.25, 0.3) is 10.8 Å². The maximum atomic E-state index is 9.19. The highest BCUT2D eigenvalue weighted by atomic mass is 35.5. The summed E-state index contributed by atoms with van der Waals surface area (Å²) in [5, 5.41) is 15.0. The van der Waals surface area contributed by atoms with E-state index < -0.39 is 20.2 Å². The molecule has 2 aromatic carbocycles. The molecule has 0 aliphatic rings. The summed E-state index contributed by atoms with van der Waals surface area (Å²) in [5.41, 5.74) is 3.03. The van der Waals surface area contributed by atoms with Crippen molar-refractivity contribution >= 4 is 54.1 Å². The van der Waals surface area contributed by atoms with Crippen molar-refractivity contribution in [1.82, 2.24) is 15.2 Å². The van der Waals surface area contributed by atoms with E-state index in [4.69, 9.17) is 20.7 Å². The molecule has 0 saturated heterocycles. The second-order valence-electron chi connectivity index (χ2n) is 7.17. The molecule has 4 rings (SSSR count). The van der Waals surface area contributed by atoms with Gasteiger partial charge in [-0.05, 0) is 42.0 Å². The van der Waals surface area contributed by atoms with Crippen molar-refractivity contribution in [1.29, 1.82) is 0 Å². The minimum absolute atomic E-state index is 0.703. The van der Waals surface area contributed by atoms with E-state index in [1.165, 1.54) is 0 Å². The zero-order valence-electron chi connectivity index (χ0n) is 18.7. The lowest BCUT2D eigenvalue weighted by atomic mass is 10.0. The molecule has 0 aliphatic carbocycles. The molecule has 0 saturated carbocycles. The lowest BCUT2D eigenvalue weighted by Crippen LogP contribution is -2.02. The molecule has 13 heteroatoms. The van der Waals surface area contributed by atoms with Crippen LogP contribution < -0.4 is 5.32 Å². The van der Waals surface area contributed by atoms with Gasteiger partial charge in [0.05, 0.1) is 18.2 Å². The molecular formula is C22H23ClN4O6S2. The van der Waals surface area contributed by atoms with Gasteiger partial charge in [-0.1, -0.05) is 35.9 Å². The largest absolute Gasteiger partial charge is 0.338 e. The van der Waals surface area contributed by atoms with Crippen molar-refractivity contribution in [3.63, 3.8) is 0 Å². The van der Waals surface area contributed by atoms with Crippen LogP contribution in [0.4, 0.5) is 11.5 Å². The first-order valence-corrected chi connectivity index (χ1v) is 13.9. The third-order valence-electron chi connectivity index (χ3n) is 3.99. The summed E-state index contributed by atoms with van der Waals surface area (Å²) in [4.78, 5) is 4.06. The van der Waals surface area contributed by atoms with Crippen molar-refractivity contribution in [2.24, 2.45) is 0 Å². The number of aromatic nitrogens is 3. The average molecular weight is 539 g/mol. The first kappa shape index (κ1) is 28.1. The number of benzene rings is 2. The van der Waals surface area contributed by atoms with Crippen molar-refractivity contribution in [3.8, 4) is 0 Å². The number of hydrogen-bond donors (Lipinski definition) is 3.